The number of fused-ring (bicyclic) bond motifs is 1. The van der Waals surface area contributed by atoms with Gasteiger partial charge in [-0.3, -0.25) is 4.79 Å². The molecular formula is C20H22F2N6O2. The minimum Gasteiger partial charge on any atom is -0.387 e. The van der Waals surface area contributed by atoms with E-state index in [1.54, 1.807) is 6.07 Å². The molecular weight excluding hydrogens is 394 g/mol. The SMILES string of the molecule is CC(C)(O)C(F)CNC(=O)c1cnc(-n2ncc3cc(F)cnc32)cc1NC1CC1. The molecule has 158 valence electrons. The number of nitrogens with zero attached hydrogens (tertiary/aromatic N) is 4. The molecule has 1 atom stereocenters. The first-order valence-corrected chi connectivity index (χ1v) is 9.63. The number of rotatable bonds is 7. The Balaban J connectivity index is 1.62. The van der Waals surface area contributed by atoms with Gasteiger partial charge in [-0.2, -0.15) is 9.78 Å². The van der Waals surface area contributed by atoms with E-state index >= 15 is 0 Å². The van der Waals surface area contributed by atoms with Gasteiger partial charge in [-0.25, -0.2) is 18.7 Å². The van der Waals surface area contributed by atoms with Gasteiger partial charge in [-0.05, 0) is 32.8 Å². The monoisotopic (exact) mass is 416 g/mol. The van der Waals surface area contributed by atoms with Crippen molar-refractivity contribution in [1.29, 1.82) is 0 Å². The van der Waals surface area contributed by atoms with E-state index in [0.717, 1.165) is 19.0 Å². The fraction of sp³-hybridized carbons (Fsp3) is 0.400. The average Bonchev–Trinajstić information content (AvgIpc) is 3.41. The van der Waals surface area contributed by atoms with Crippen molar-refractivity contribution in [2.75, 3.05) is 11.9 Å². The number of halogens is 2. The Kier molecular flexibility index (Phi) is 5.10. The van der Waals surface area contributed by atoms with Gasteiger partial charge in [-0.15, -0.1) is 0 Å². The standard InChI is InChI=1S/C20H22F2N6O2/c1-20(2,30)16(22)10-25-19(29)14-9-23-17(6-15(14)27-13-3-4-13)28-18-11(7-26-28)5-12(21)8-24-18/h5-9,13,16,30H,3-4,10H2,1-2H3,(H,23,27)(H,25,29). The molecule has 0 bridgehead atoms. The number of pyridine rings is 2. The van der Waals surface area contributed by atoms with Crippen LogP contribution in [0.4, 0.5) is 14.5 Å². The van der Waals surface area contributed by atoms with Crippen LogP contribution in [0.15, 0.2) is 30.7 Å². The van der Waals surface area contributed by atoms with Crippen LogP contribution in [0.25, 0.3) is 16.9 Å². The van der Waals surface area contributed by atoms with Gasteiger partial charge < -0.3 is 15.7 Å². The number of hydrogen-bond acceptors (Lipinski definition) is 6. The molecule has 3 N–H and O–H groups in total. The van der Waals surface area contributed by atoms with Crippen molar-refractivity contribution >= 4 is 22.6 Å². The normalized spacial score (nSPS) is 15.2. The number of aromatic nitrogens is 4. The van der Waals surface area contributed by atoms with E-state index < -0.39 is 23.5 Å². The molecule has 1 amide bonds. The second-order valence-corrected chi connectivity index (χ2v) is 7.96. The highest BCUT2D eigenvalue weighted by molar-refractivity contribution is 5.99. The summed E-state index contributed by atoms with van der Waals surface area (Å²) < 4.78 is 28.8. The van der Waals surface area contributed by atoms with E-state index in [4.69, 9.17) is 0 Å². The molecule has 0 saturated heterocycles. The molecule has 1 aliphatic rings. The molecule has 3 aromatic rings. The summed E-state index contributed by atoms with van der Waals surface area (Å²) in [6, 6.07) is 3.24. The van der Waals surface area contributed by atoms with Crippen LogP contribution in [0.3, 0.4) is 0 Å². The molecule has 10 heteroatoms. The molecule has 4 rings (SSSR count). The molecule has 0 radical (unpaired) electrons. The number of anilines is 1. The minimum atomic E-state index is -1.62. The van der Waals surface area contributed by atoms with Crippen LogP contribution in [0.5, 0.6) is 0 Å². The zero-order valence-corrected chi connectivity index (χ0v) is 16.6. The van der Waals surface area contributed by atoms with Gasteiger partial charge in [0, 0.05) is 23.7 Å². The largest absolute Gasteiger partial charge is 0.387 e. The summed E-state index contributed by atoms with van der Waals surface area (Å²) in [4.78, 5) is 21.0. The maximum absolute atomic E-state index is 14.0. The number of alkyl halides is 1. The smallest absolute Gasteiger partial charge is 0.255 e. The number of nitrogens with one attached hydrogen (secondary N) is 2. The third kappa shape index (κ3) is 4.23. The van der Waals surface area contributed by atoms with Gasteiger partial charge in [0.15, 0.2) is 11.5 Å². The lowest BCUT2D eigenvalue weighted by Crippen LogP contribution is -2.42. The molecule has 0 aliphatic heterocycles. The Morgan fingerprint density at radius 1 is 1.30 bits per heavy atom. The molecule has 1 unspecified atom stereocenters. The van der Waals surface area contributed by atoms with E-state index in [1.165, 1.54) is 37.0 Å². The molecule has 1 saturated carbocycles. The highest BCUT2D eigenvalue weighted by Crippen LogP contribution is 2.28. The van der Waals surface area contributed by atoms with Crippen molar-refractivity contribution < 1.29 is 18.7 Å². The topological polar surface area (TPSA) is 105 Å². The third-order valence-corrected chi connectivity index (χ3v) is 4.87. The average molecular weight is 416 g/mol. The van der Waals surface area contributed by atoms with Crippen molar-refractivity contribution in [3.05, 3.63) is 42.1 Å². The molecule has 3 aromatic heterocycles. The predicted octanol–water partition coefficient (Wildman–Crippen LogP) is 2.37. The van der Waals surface area contributed by atoms with E-state index in [9.17, 15) is 18.7 Å². The summed E-state index contributed by atoms with van der Waals surface area (Å²) in [7, 11) is 0. The second kappa shape index (κ2) is 7.60. The molecule has 3 heterocycles. The molecule has 0 aromatic carbocycles. The third-order valence-electron chi connectivity index (χ3n) is 4.87. The van der Waals surface area contributed by atoms with E-state index in [2.05, 4.69) is 25.7 Å². The predicted molar refractivity (Wildman–Crippen MR) is 107 cm³/mol. The fourth-order valence-corrected chi connectivity index (χ4v) is 2.90. The van der Waals surface area contributed by atoms with Crippen LogP contribution in [-0.2, 0) is 0 Å². The lowest BCUT2D eigenvalue weighted by molar-refractivity contribution is -0.00177. The Bertz CT molecular complexity index is 1090. The van der Waals surface area contributed by atoms with Crippen molar-refractivity contribution in [2.24, 2.45) is 0 Å². The number of hydrogen-bond donors (Lipinski definition) is 3. The van der Waals surface area contributed by atoms with E-state index in [-0.39, 0.29) is 18.2 Å². The van der Waals surface area contributed by atoms with Crippen LogP contribution in [-0.4, -0.2) is 55.1 Å². The maximum Gasteiger partial charge on any atom is 0.255 e. The summed E-state index contributed by atoms with van der Waals surface area (Å²) in [6.07, 6.45) is 4.31. The maximum atomic E-state index is 14.0. The molecule has 1 aliphatic carbocycles. The van der Waals surface area contributed by atoms with Crippen LogP contribution in [0.2, 0.25) is 0 Å². The van der Waals surface area contributed by atoms with Gasteiger partial charge >= 0.3 is 0 Å². The minimum absolute atomic E-state index is 0.249. The van der Waals surface area contributed by atoms with Crippen molar-refractivity contribution in [1.82, 2.24) is 25.1 Å². The summed E-state index contributed by atoms with van der Waals surface area (Å²) in [6.45, 7) is 2.36. The first-order valence-electron chi connectivity index (χ1n) is 9.63. The quantitative estimate of drug-likeness (QED) is 0.546. The van der Waals surface area contributed by atoms with Gasteiger partial charge in [0.1, 0.15) is 12.0 Å². The highest BCUT2D eigenvalue weighted by Gasteiger charge is 2.28. The Morgan fingerprint density at radius 3 is 2.77 bits per heavy atom. The van der Waals surface area contributed by atoms with Gasteiger partial charge in [0.2, 0.25) is 0 Å². The Labute approximate surface area is 171 Å². The van der Waals surface area contributed by atoms with E-state index in [1.807, 2.05) is 0 Å². The Hall–Kier alpha value is -3.14. The summed E-state index contributed by atoms with van der Waals surface area (Å²) in [5.41, 5.74) is -0.338. The number of carbonyl (C=O) groups excluding carboxylic acids is 1. The van der Waals surface area contributed by atoms with Crippen LogP contribution in [0.1, 0.15) is 37.0 Å². The summed E-state index contributed by atoms with van der Waals surface area (Å²) in [5, 5.41) is 20.2. The van der Waals surface area contributed by atoms with Crippen molar-refractivity contribution in [3.8, 4) is 5.82 Å². The Morgan fingerprint density at radius 2 is 2.07 bits per heavy atom. The van der Waals surface area contributed by atoms with Crippen LogP contribution < -0.4 is 10.6 Å². The summed E-state index contributed by atoms with van der Waals surface area (Å²) >= 11 is 0. The zero-order chi connectivity index (χ0) is 21.5. The summed E-state index contributed by atoms with van der Waals surface area (Å²) in [5.74, 6) is -0.561. The lowest BCUT2D eigenvalue weighted by atomic mass is 10.0. The van der Waals surface area contributed by atoms with Gasteiger partial charge in [0.25, 0.3) is 5.91 Å². The molecule has 30 heavy (non-hydrogen) atoms. The van der Waals surface area contributed by atoms with Crippen LogP contribution >= 0.6 is 0 Å². The number of amides is 1. The molecule has 1 fully saturated rings. The first-order chi connectivity index (χ1) is 14.2. The lowest BCUT2D eigenvalue weighted by Gasteiger charge is -2.22. The zero-order valence-electron chi connectivity index (χ0n) is 16.6. The molecule has 0 spiro atoms. The first kappa shape index (κ1) is 20.1. The van der Waals surface area contributed by atoms with Crippen molar-refractivity contribution in [2.45, 2.75) is 44.5 Å². The van der Waals surface area contributed by atoms with Gasteiger partial charge in [0.05, 0.1) is 35.8 Å². The molecule has 8 nitrogen and oxygen atoms in total. The van der Waals surface area contributed by atoms with Gasteiger partial charge in [-0.1, -0.05) is 0 Å². The highest BCUT2D eigenvalue weighted by atomic mass is 19.1. The van der Waals surface area contributed by atoms with Crippen molar-refractivity contribution in [3.63, 3.8) is 0 Å². The van der Waals surface area contributed by atoms with E-state index in [0.29, 0.717) is 22.5 Å². The second-order valence-electron chi connectivity index (χ2n) is 7.96. The fourth-order valence-electron chi connectivity index (χ4n) is 2.90. The number of aliphatic hydroxyl groups is 1. The van der Waals surface area contributed by atoms with Crippen LogP contribution in [0, 0.1) is 5.82 Å². The number of carbonyl (C=O) groups is 1.